The van der Waals surface area contributed by atoms with Crippen LogP contribution < -0.4 is 4.90 Å². The lowest BCUT2D eigenvalue weighted by molar-refractivity contribution is 0.249. The van der Waals surface area contributed by atoms with Gasteiger partial charge in [-0.25, -0.2) is 15.0 Å². The molecular formula is C20H20N6S. The summed E-state index contributed by atoms with van der Waals surface area (Å²) in [4.78, 5) is 18.5. The average molecular weight is 376 g/mol. The predicted molar refractivity (Wildman–Crippen MR) is 106 cm³/mol. The Bertz CT molecular complexity index is 978. The number of para-hydroxylation sites is 1. The molecular weight excluding hydrogens is 356 g/mol. The molecule has 27 heavy (non-hydrogen) atoms. The summed E-state index contributed by atoms with van der Waals surface area (Å²) in [5.41, 5.74) is 2.57. The Kier molecular flexibility index (Phi) is 4.23. The number of fused-ring (bicyclic) bond motifs is 1. The minimum absolute atomic E-state index is 0.444. The van der Waals surface area contributed by atoms with Crippen molar-refractivity contribution in [3.8, 4) is 6.07 Å². The maximum atomic E-state index is 9.41. The molecule has 136 valence electrons. The summed E-state index contributed by atoms with van der Waals surface area (Å²) < 4.78 is 1.25. The summed E-state index contributed by atoms with van der Waals surface area (Å²) >= 11 is 1.77. The number of rotatable bonds is 4. The van der Waals surface area contributed by atoms with Gasteiger partial charge in [0.05, 0.1) is 28.7 Å². The first kappa shape index (κ1) is 16.6. The molecule has 0 spiro atoms. The van der Waals surface area contributed by atoms with Gasteiger partial charge in [-0.05, 0) is 25.0 Å². The molecule has 1 saturated carbocycles. The number of hydrogen-bond acceptors (Lipinski definition) is 7. The summed E-state index contributed by atoms with van der Waals surface area (Å²) in [5, 5.41) is 10.6. The van der Waals surface area contributed by atoms with Crippen molar-refractivity contribution in [2.24, 2.45) is 0 Å². The Hall–Kier alpha value is -2.56. The van der Waals surface area contributed by atoms with E-state index in [0.29, 0.717) is 11.6 Å². The molecule has 0 amide bonds. The predicted octanol–water partition coefficient (Wildman–Crippen LogP) is 3.16. The number of thiazole rings is 1. The summed E-state index contributed by atoms with van der Waals surface area (Å²) in [6, 6.07) is 10.5. The van der Waals surface area contributed by atoms with Crippen molar-refractivity contribution in [3.05, 3.63) is 46.9 Å². The zero-order valence-corrected chi connectivity index (χ0v) is 15.8. The second kappa shape index (κ2) is 6.87. The molecule has 0 radical (unpaired) electrons. The van der Waals surface area contributed by atoms with Crippen molar-refractivity contribution >= 4 is 27.4 Å². The molecule has 3 heterocycles. The van der Waals surface area contributed by atoms with Crippen molar-refractivity contribution in [1.82, 2.24) is 19.9 Å². The van der Waals surface area contributed by atoms with Gasteiger partial charge in [0.15, 0.2) is 11.5 Å². The molecule has 1 aliphatic carbocycles. The molecule has 7 heteroatoms. The van der Waals surface area contributed by atoms with Gasteiger partial charge in [-0.1, -0.05) is 12.1 Å². The normalized spacial score (nSPS) is 18.0. The van der Waals surface area contributed by atoms with E-state index in [1.165, 1.54) is 17.5 Å². The van der Waals surface area contributed by atoms with Crippen molar-refractivity contribution < 1.29 is 0 Å². The highest BCUT2D eigenvalue weighted by Gasteiger charge is 2.28. The molecule has 2 aliphatic rings. The molecule has 1 aliphatic heterocycles. The van der Waals surface area contributed by atoms with Gasteiger partial charge in [-0.3, -0.25) is 4.90 Å². The van der Waals surface area contributed by atoms with Gasteiger partial charge in [0.2, 0.25) is 0 Å². The molecule has 5 rings (SSSR count). The quantitative estimate of drug-likeness (QED) is 0.697. The molecule has 3 aromatic rings. The van der Waals surface area contributed by atoms with E-state index in [-0.39, 0.29) is 0 Å². The summed E-state index contributed by atoms with van der Waals surface area (Å²) in [6.45, 7) is 4.49. The van der Waals surface area contributed by atoms with E-state index < -0.39 is 0 Å². The molecule has 1 saturated heterocycles. The van der Waals surface area contributed by atoms with Crippen molar-refractivity contribution in [3.63, 3.8) is 0 Å². The van der Waals surface area contributed by atoms with Crippen LogP contribution in [0.15, 0.2) is 30.5 Å². The maximum absolute atomic E-state index is 9.41. The highest BCUT2D eigenvalue weighted by atomic mass is 32.1. The van der Waals surface area contributed by atoms with Crippen LogP contribution in [0.25, 0.3) is 10.2 Å². The SMILES string of the molecule is N#Cc1ncc(C2CC2)nc1N1CCN(Cc2nc3ccccc3s2)CC1. The summed E-state index contributed by atoms with van der Waals surface area (Å²) in [7, 11) is 0. The van der Waals surface area contributed by atoms with E-state index >= 15 is 0 Å². The Morgan fingerprint density at radius 3 is 2.67 bits per heavy atom. The van der Waals surface area contributed by atoms with Gasteiger partial charge in [0.25, 0.3) is 0 Å². The minimum atomic E-state index is 0.444. The van der Waals surface area contributed by atoms with E-state index in [1.807, 2.05) is 6.07 Å². The molecule has 0 unspecified atom stereocenters. The van der Waals surface area contributed by atoms with Crippen LogP contribution in [0.4, 0.5) is 5.82 Å². The van der Waals surface area contributed by atoms with Crippen LogP contribution in [-0.4, -0.2) is 46.0 Å². The van der Waals surface area contributed by atoms with Crippen LogP contribution in [0, 0.1) is 11.3 Å². The van der Waals surface area contributed by atoms with E-state index in [4.69, 9.17) is 9.97 Å². The van der Waals surface area contributed by atoms with Crippen LogP contribution >= 0.6 is 11.3 Å². The molecule has 1 aromatic carbocycles. The van der Waals surface area contributed by atoms with Gasteiger partial charge >= 0.3 is 0 Å². The highest BCUT2D eigenvalue weighted by molar-refractivity contribution is 7.18. The monoisotopic (exact) mass is 376 g/mol. The minimum Gasteiger partial charge on any atom is -0.352 e. The number of anilines is 1. The highest BCUT2D eigenvalue weighted by Crippen LogP contribution is 2.39. The first-order valence-electron chi connectivity index (χ1n) is 9.39. The molecule has 0 N–H and O–H groups in total. The van der Waals surface area contributed by atoms with E-state index in [0.717, 1.165) is 54.8 Å². The van der Waals surface area contributed by atoms with Gasteiger partial charge in [0, 0.05) is 32.1 Å². The fraction of sp³-hybridized carbons (Fsp3) is 0.400. The van der Waals surface area contributed by atoms with Crippen LogP contribution in [0.3, 0.4) is 0 Å². The van der Waals surface area contributed by atoms with Crippen molar-refractivity contribution in [2.45, 2.75) is 25.3 Å². The first-order valence-corrected chi connectivity index (χ1v) is 10.2. The molecule has 0 atom stereocenters. The number of benzene rings is 1. The Labute approximate surface area is 162 Å². The fourth-order valence-electron chi connectivity index (χ4n) is 3.56. The molecule has 2 aromatic heterocycles. The largest absolute Gasteiger partial charge is 0.352 e. The van der Waals surface area contributed by atoms with Crippen molar-refractivity contribution in [2.75, 3.05) is 31.1 Å². The fourth-order valence-corrected chi connectivity index (χ4v) is 4.57. The first-order chi connectivity index (χ1) is 13.3. The topological polar surface area (TPSA) is 68.9 Å². The average Bonchev–Trinajstić information content (AvgIpc) is 3.48. The molecule has 6 nitrogen and oxygen atoms in total. The second-order valence-corrected chi connectivity index (χ2v) is 8.31. The third kappa shape index (κ3) is 3.38. The van der Waals surface area contributed by atoms with Gasteiger partial charge in [-0.2, -0.15) is 5.26 Å². The smallest absolute Gasteiger partial charge is 0.183 e. The van der Waals surface area contributed by atoms with E-state index in [1.54, 1.807) is 17.5 Å². The van der Waals surface area contributed by atoms with Crippen LogP contribution in [0.1, 0.15) is 35.2 Å². The second-order valence-electron chi connectivity index (χ2n) is 7.19. The number of nitriles is 1. The van der Waals surface area contributed by atoms with Crippen molar-refractivity contribution in [1.29, 1.82) is 5.26 Å². The van der Waals surface area contributed by atoms with Crippen LogP contribution in [0.5, 0.6) is 0 Å². The van der Waals surface area contributed by atoms with Gasteiger partial charge in [0.1, 0.15) is 11.1 Å². The Morgan fingerprint density at radius 2 is 1.93 bits per heavy atom. The maximum Gasteiger partial charge on any atom is 0.183 e. The van der Waals surface area contributed by atoms with Gasteiger partial charge in [-0.15, -0.1) is 11.3 Å². The number of hydrogen-bond donors (Lipinski definition) is 0. The molecule has 0 bridgehead atoms. The summed E-state index contributed by atoms with van der Waals surface area (Å²) in [6.07, 6.45) is 4.16. The zero-order valence-electron chi connectivity index (χ0n) is 15.0. The molecule has 2 fully saturated rings. The van der Waals surface area contributed by atoms with E-state index in [2.05, 4.69) is 39.1 Å². The standard InChI is InChI=1S/C20H20N6S/c21-11-16-20(24-17(12-22-16)14-5-6-14)26-9-7-25(8-10-26)13-19-23-15-3-1-2-4-18(15)27-19/h1-4,12,14H,5-10,13H2. The Morgan fingerprint density at radius 1 is 1.11 bits per heavy atom. The summed E-state index contributed by atoms with van der Waals surface area (Å²) in [5.74, 6) is 1.31. The number of piperazine rings is 1. The third-order valence-corrected chi connectivity index (χ3v) is 6.26. The lowest BCUT2D eigenvalue weighted by Gasteiger charge is -2.35. The van der Waals surface area contributed by atoms with Gasteiger partial charge < -0.3 is 4.90 Å². The van der Waals surface area contributed by atoms with Crippen LogP contribution in [0.2, 0.25) is 0 Å². The number of nitrogens with zero attached hydrogens (tertiary/aromatic N) is 6. The third-order valence-electron chi connectivity index (χ3n) is 5.24. The number of aromatic nitrogens is 3. The van der Waals surface area contributed by atoms with E-state index in [9.17, 15) is 5.26 Å². The van der Waals surface area contributed by atoms with Crippen LogP contribution in [-0.2, 0) is 6.54 Å². The Balaban J connectivity index is 1.27. The lowest BCUT2D eigenvalue weighted by Crippen LogP contribution is -2.46. The lowest BCUT2D eigenvalue weighted by atomic mass is 10.2. The zero-order chi connectivity index (χ0) is 18.2.